The van der Waals surface area contributed by atoms with Gasteiger partial charge in [0.2, 0.25) is 0 Å². The van der Waals surface area contributed by atoms with Gasteiger partial charge in [-0.2, -0.15) is 0 Å². The van der Waals surface area contributed by atoms with E-state index in [-0.39, 0.29) is 0 Å². The third kappa shape index (κ3) is 2.85. The summed E-state index contributed by atoms with van der Waals surface area (Å²) >= 11 is 0. The van der Waals surface area contributed by atoms with Gasteiger partial charge in [-0.1, -0.05) is 50.1 Å². The van der Waals surface area contributed by atoms with Crippen molar-refractivity contribution in [3.05, 3.63) is 61.3 Å². The lowest BCUT2D eigenvalue weighted by atomic mass is 10.0. The Bertz CT molecular complexity index is 226. The molecular weight excluding hydrogens is 132 g/mol. The first-order valence-corrected chi connectivity index (χ1v) is 3.43. The van der Waals surface area contributed by atoms with E-state index < -0.39 is 0 Å². The monoisotopic (exact) mass is 146 g/mol. The highest BCUT2D eigenvalue weighted by atomic mass is 14.0. The number of rotatable bonds is 4. The van der Waals surface area contributed by atoms with Gasteiger partial charge in [0.25, 0.3) is 0 Å². The first-order chi connectivity index (χ1) is 5.13. The summed E-state index contributed by atoms with van der Waals surface area (Å²) in [4.78, 5) is 0. The zero-order valence-electron chi connectivity index (χ0n) is 7.06. The molecule has 0 N–H and O–H groups in total. The van der Waals surface area contributed by atoms with Crippen molar-refractivity contribution in [2.75, 3.05) is 0 Å². The molecule has 0 radical (unpaired) electrons. The predicted octanol–water partition coefficient (Wildman–Crippen LogP) is 3.42. The van der Waals surface area contributed by atoms with E-state index in [1.54, 1.807) is 12.2 Å². The molecule has 0 heteroatoms. The Labute approximate surface area is 68.9 Å². The van der Waals surface area contributed by atoms with Gasteiger partial charge in [0.1, 0.15) is 0 Å². The van der Waals surface area contributed by atoms with Crippen LogP contribution in [0.2, 0.25) is 0 Å². The molecule has 0 fully saturated rings. The predicted molar refractivity (Wildman–Crippen MR) is 52.4 cm³/mol. The lowest BCUT2D eigenvalue weighted by molar-refractivity contribution is 1.41. The summed E-state index contributed by atoms with van der Waals surface area (Å²) in [5, 5.41) is 0. The van der Waals surface area contributed by atoms with Gasteiger partial charge in [-0.25, -0.2) is 0 Å². The minimum Gasteiger partial charge on any atom is -0.0990 e. The molecule has 0 unspecified atom stereocenters. The van der Waals surface area contributed by atoms with E-state index in [1.807, 2.05) is 13.0 Å². The second-order valence-corrected chi connectivity index (χ2v) is 2.33. The highest BCUT2D eigenvalue weighted by molar-refractivity contribution is 5.49. The average Bonchev–Trinajstić information content (AvgIpc) is 1.98. The van der Waals surface area contributed by atoms with Crippen LogP contribution in [0.25, 0.3) is 0 Å². The van der Waals surface area contributed by atoms with Crippen LogP contribution in [0.5, 0.6) is 0 Å². The van der Waals surface area contributed by atoms with Crippen molar-refractivity contribution in [1.29, 1.82) is 0 Å². The maximum atomic E-state index is 3.82. The zero-order chi connectivity index (χ0) is 8.85. The molecule has 0 heterocycles. The van der Waals surface area contributed by atoms with Gasteiger partial charge in [-0.3, -0.25) is 0 Å². The maximum Gasteiger partial charge on any atom is -0.0167 e. The molecule has 0 rings (SSSR count). The van der Waals surface area contributed by atoms with Gasteiger partial charge < -0.3 is 0 Å². The third-order valence-electron chi connectivity index (χ3n) is 1.34. The van der Waals surface area contributed by atoms with Crippen molar-refractivity contribution in [1.82, 2.24) is 0 Å². The normalized spacial score (nSPS) is 10.5. The molecule has 0 aliphatic heterocycles. The fourth-order valence-corrected chi connectivity index (χ4v) is 0.751. The summed E-state index contributed by atoms with van der Waals surface area (Å²) in [6, 6.07) is 0. The Kier molecular flexibility index (Phi) is 3.97. The summed E-state index contributed by atoms with van der Waals surface area (Å²) in [6.07, 6.45) is 5.31. The number of hydrogen-bond donors (Lipinski definition) is 0. The van der Waals surface area contributed by atoms with E-state index in [9.17, 15) is 0 Å². The van der Waals surface area contributed by atoms with Gasteiger partial charge in [0.15, 0.2) is 0 Å². The van der Waals surface area contributed by atoms with E-state index in [4.69, 9.17) is 0 Å². The molecule has 0 atom stereocenters. The third-order valence-corrected chi connectivity index (χ3v) is 1.34. The highest BCUT2D eigenvalue weighted by Crippen LogP contribution is 2.16. The van der Waals surface area contributed by atoms with Crippen LogP contribution in [0.4, 0.5) is 0 Å². The molecule has 0 saturated carbocycles. The minimum atomic E-state index is 0.886. The van der Waals surface area contributed by atoms with E-state index in [1.165, 1.54) is 0 Å². The van der Waals surface area contributed by atoms with Crippen molar-refractivity contribution < 1.29 is 0 Å². The van der Waals surface area contributed by atoms with E-state index in [2.05, 4.69) is 26.3 Å². The van der Waals surface area contributed by atoms with Crippen LogP contribution in [0.15, 0.2) is 61.3 Å². The van der Waals surface area contributed by atoms with Crippen molar-refractivity contribution in [2.24, 2.45) is 0 Å². The van der Waals surface area contributed by atoms with Crippen LogP contribution in [-0.2, 0) is 0 Å². The topological polar surface area (TPSA) is 0 Å². The quantitative estimate of drug-likeness (QED) is 0.533. The molecule has 0 aromatic rings. The van der Waals surface area contributed by atoms with Crippen LogP contribution < -0.4 is 0 Å². The summed E-state index contributed by atoms with van der Waals surface area (Å²) in [5.41, 5.74) is 2.88. The Morgan fingerprint density at radius 3 is 2.00 bits per heavy atom. The molecule has 58 valence electrons. The Hall–Kier alpha value is -1.30. The van der Waals surface area contributed by atoms with Gasteiger partial charge in [-0.05, 0) is 18.1 Å². The molecule has 0 nitrogen and oxygen atoms in total. The molecule has 0 aromatic heterocycles. The van der Waals surface area contributed by atoms with Crippen molar-refractivity contribution >= 4 is 0 Å². The molecule has 0 bridgehead atoms. The summed E-state index contributed by atoms with van der Waals surface area (Å²) in [5.74, 6) is 0. The highest BCUT2D eigenvalue weighted by Gasteiger charge is 1.97. The molecular formula is C11H14. The lowest BCUT2D eigenvalue weighted by Crippen LogP contribution is -1.84. The fraction of sp³-hybridized carbons (Fsp3) is 0.0909. The number of hydrogen-bond acceptors (Lipinski definition) is 0. The van der Waals surface area contributed by atoms with Crippen LogP contribution in [0, 0.1) is 0 Å². The maximum absolute atomic E-state index is 3.82. The van der Waals surface area contributed by atoms with Gasteiger partial charge in [0.05, 0.1) is 0 Å². The molecule has 0 saturated heterocycles. The fourth-order valence-electron chi connectivity index (χ4n) is 0.751. The summed E-state index contributed by atoms with van der Waals surface area (Å²) in [6.45, 7) is 16.8. The van der Waals surface area contributed by atoms with E-state index in [0.29, 0.717) is 0 Å². The summed E-state index contributed by atoms with van der Waals surface area (Å²) in [7, 11) is 0. The van der Waals surface area contributed by atoms with Crippen LogP contribution in [0.1, 0.15) is 6.92 Å². The lowest BCUT2D eigenvalue weighted by Gasteiger charge is -2.04. The Morgan fingerprint density at radius 2 is 1.73 bits per heavy atom. The molecule has 0 aliphatic carbocycles. The molecule has 0 spiro atoms. The molecule has 0 aromatic carbocycles. The van der Waals surface area contributed by atoms with Crippen LogP contribution in [-0.4, -0.2) is 0 Å². The standard InChI is InChI=1S/C11H14/c1-6-8-11(9(3)4)10(5)7-2/h6-8H,1-3,5H2,4H3/b11-8+. The largest absolute Gasteiger partial charge is 0.0990 e. The van der Waals surface area contributed by atoms with Gasteiger partial charge >= 0.3 is 0 Å². The van der Waals surface area contributed by atoms with Crippen molar-refractivity contribution in [3.8, 4) is 0 Å². The van der Waals surface area contributed by atoms with Gasteiger partial charge in [0, 0.05) is 0 Å². The van der Waals surface area contributed by atoms with Gasteiger partial charge in [-0.15, -0.1) is 0 Å². The average molecular weight is 146 g/mol. The Balaban J connectivity index is 4.74. The first-order valence-electron chi connectivity index (χ1n) is 3.43. The number of allylic oxidation sites excluding steroid dienone is 6. The van der Waals surface area contributed by atoms with E-state index >= 15 is 0 Å². The SMILES string of the molecule is C=C/C=C(\C(=C)C)C(=C)C=C. The van der Waals surface area contributed by atoms with E-state index in [0.717, 1.165) is 16.7 Å². The van der Waals surface area contributed by atoms with Crippen LogP contribution >= 0.6 is 0 Å². The second-order valence-electron chi connectivity index (χ2n) is 2.33. The Morgan fingerprint density at radius 1 is 1.18 bits per heavy atom. The molecule has 0 aliphatic rings. The molecule has 0 amide bonds. The van der Waals surface area contributed by atoms with Crippen molar-refractivity contribution in [3.63, 3.8) is 0 Å². The smallest absolute Gasteiger partial charge is 0.0167 e. The first kappa shape index (κ1) is 9.70. The zero-order valence-corrected chi connectivity index (χ0v) is 7.06. The molecule has 11 heavy (non-hydrogen) atoms. The second kappa shape index (κ2) is 4.51. The summed E-state index contributed by atoms with van der Waals surface area (Å²) < 4.78 is 0. The van der Waals surface area contributed by atoms with Crippen molar-refractivity contribution in [2.45, 2.75) is 6.92 Å². The van der Waals surface area contributed by atoms with Crippen LogP contribution in [0.3, 0.4) is 0 Å². The minimum absolute atomic E-state index is 0.886.